The van der Waals surface area contributed by atoms with Crippen molar-refractivity contribution < 1.29 is 13.9 Å². The van der Waals surface area contributed by atoms with Gasteiger partial charge in [0.2, 0.25) is 5.88 Å². The summed E-state index contributed by atoms with van der Waals surface area (Å²) in [5.41, 5.74) is 5.23. The van der Waals surface area contributed by atoms with Gasteiger partial charge in [0, 0.05) is 49.5 Å². The highest BCUT2D eigenvalue weighted by Crippen LogP contribution is 2.35. The molecule has 8 heteroatoms. The molecule has 8 nitrogen and oxygen atoms in total. The molecule has 1 N–H and O–H groups in total. The highest BCUT2D eigenvalue weighted by Gasteiger charge is 2.24. The number of fused-ring (bicyclic) bond motifs is 2. The first-order valence-corrected chi connectivity index (χ1v) is 11.3. The number of nitrogens with one attached hydrogen (secondary N) is 1. The summed E-state index contributed by atoms with van der Waals surface area (Å²) in [5, 5.41) is 1.20. The van der Waals surface area contributed by atoms with Gasteiger partial charge in [-0.1, -0.05) is 0 Å². The van der Waals surface area contributed by atoms with Crippen LogP contribution in [0.4, 0.5) is 11.7 Å². The standard InChI is InChI=1S/C24H27N5O3/c1-30-22-5-3-18-19(15-25-23(18)27-22)16-6-8-28(9-7-16)17-2-4-21-20(14-17)26-24(32-21)29-10-12-31-13-11-29/h2-5,14-16H,6-13H2,1H3,(H,25,27). The van der Waals surface area contributed by atoms with E-state index in [1.807, 2.05) is 12.1 Å². The van der Waals surface area contributed by atoms with E-state index in [-0.39, 0.29) is 0 Å². The van der Waals surface area contributed by atoms with Gasteiger partial charge in [0.15, 0.2) is 5.58 Å². The topological polar surface area (TPSA) is 79.6 Å². The van der Waals surface area contributed by atoms with Crippen LogP contribution < -0.4 is 14.5 Å². The second-order valence-corrected chi connectivity index (χ2v) is 8.50. The molecule has 2 fully saturated rings. The van der Waals surface area contributed by atoms with Crippen LogP contribution >= 0.6 is 0 Å². The number of rotatable bonds is 4. The Hall–Kier alpha value is -3.26. The third-order valence-electron chi connectivity index (χ3n) is 6.70. The van der Waals surface area contributed by atoms with Crippen LogP contribution in [-0.4, -0.2) is 61.5 Å². The van der Waals surface area contributed by atoms with Gasteiger partial charge in [-0.15, -0.1) is 0 Å². The van der Waals surface area contributed by atoms with E-state index in [4.69, 9.17) is 18.9 Å². The number of aromatic amines is 1. The normalized spacial score (nSPS) is 18.0. The maximum Gasteiger partial charge on any atom is 0.298 e. The fourth-order valence-electron chi connectivity index (χ4n) is 4.90. The average molecular weight is 434 g/mol. The summed E-state index contributed by atoms with van der Waals surface area (Å²) in [6.45, 7) is 5.12. The van der Waals surface area contributed by atoms with Crippen molar-refractivity contribution in [2.45, 2.75) is 18.8 Å². The predicted octanol–water partition coefficient (Wildman–Crippen LogP) is 3.93. The number of benzene rings is 1. The van der Waals surface area contributed by atoms with Crippen molar-refractivity contribution in [3.63, 3.8) is 0 Å². The molecule has 0 unspecified atom stereocenters. The van der Waals surface area contributed by atoms with Crippen LogP contribution in [0.2, 0.25) is 0 Å². The molecular formula is C24H27N5O3. The number of ether oxygens (including phenoxy) is 2. The third-order valence-corrected chi connectivity index (χ3v) is 6.70. The molecule has 0 atom stereocenters. The molecule has 0 spiro atoms. The van der Waals surface area contributed by atoms with Crippen LogP contribution in [0.15, 0.2) is 40.9 Å². The first kappa shape index (κ1) is 19.4. The van der Waals surface area contributed by atoms with Gasteiger partial charge in [0.1, 0.15) is 11.2 Å². The van der Waals surface area contributed by atoms with Crippen molar-refractivity contribution in [1.82, 2.24) is 15.0 Å². The molecule has 2 saturated heterocycles. The van der Waals surface area contributed by atoms with Gasteiger partial charge >= 0.3 is 0 Å². The summed E-state index contributed by atoms with van der Waals surface area (Å²) in [5.74, 6) is 1.17. The minimum atomic E-state index is 0.527. The number of nitrogens with zero attached hydrogens (tertiary/aromatic N) is 4. The van der Waals surface area contributed by atoms with Crippen LogP contribution in [0.3, 0.4) is 0 Å². The fraction of sp³-hybridized carbons (Fsp3) is 0.417. The zero-order chi connectivity index (χ0) is 21.5. The molecule has 6 rings (SSSR count). The van der Waals surface area contributed by atoms with Crippen LogP contribution in [-0.2, 0) is 4.74 Å². The van der Waals surface area contributed by atoms with Crippen molar-refractivity contribution in [2.24, 2.45) is 0 Å². The lowest BCUT2D eigenvalue weighted by Crippen LogP contribution is -2.36. The van der Waals surface area contributed by atoms with Gasteiger partial charge in [-0.3, -0.25) is 0 Å². The van der Waals surface area contributed by atoms with Crippen LogP contribution in [0, 0.1) is 0 Å². The van der Waals surface area contributed by atoms with Crippen molar-refractivity contribution in [2.75, 3.05) is 56.3 Å². The van der Waals surface area contributed by atoms with E-state index in [0.29, 0.717) is 17.8 Å². The Morgan fingerprint density at radius 2 is 1.84 bits per heavy atom. The largest absolute Gasteiger partial charge is 0.481 e. The number of anilines is 2. The Kier molecular flexibility index (Phi) is 4.87. The SMILES string of the molecule is COc1ccc2c(C3CCN(c4ccc5oc(N6CCOCC6)nc5c4)CC3)c[nH]c2n1. The highest BCUT2D eigenvalue weighted by molar-refractivity contribution is 5.81. The first-order valence-electron chi connectivity index (χ1n) is 11.3. The summed E-state index contributed by atoms with van der Waals surface area (Å²) in [6.07, 6.45) is 4.33. The molecule has 0 aliphatic carbocycles. The number of methoxy groups -OCH3 is 1. The third kappa shape index (κ3) is 3.44. The molecule has 0 bridgehead atoms. The maximum atomic E-state index is 6.00. The number of morpholine rings is 1. The van der Waals surface area contributed by atoms with E-state index in [1.54, 1.807) is 7.11 Å². The zero-order valence-electron chi connectivity index (χ0n) is 18.2. The minimum Gasteiger partial charge on any atom is -0.481 e. The quantitative estimate of drug-likeness (QED) is 0.522. The monoisotopic (exact) mass is 433 g/mol. The van der Waals surface area contributed by atoms with Gasteiger partial charge in [0.05, 0.1) is 20.3 Å². The Morgan fingerprint density at radius 1 is 1.00 bits per heavy atom. The van der Waals surface area contributed by atoms with Gasteiger partial charge in [0.25, 0.3) is 6.01 Å². The Bertz CT molecular complexity index is 1240. The fourth-order valence-corrected chi connectivity index (χ4v) is 4.90. The lowest BCUT2D eigenvalue weighted by Gasteiger charge is -2.33. The van der Waals surface area contributed by atoms with E-state index in [2.05, 4.69) is 44.2 Å². The van der Waals surface area contributed by atoms with Crippen LogP contribution in [0.25, 0.3) is 22.1 Å². The molecule has 2 aliphatic rings. The van der Waals surface area contributed by atoms with Crippen molar-refractivity contribution in [3.8, 4) is 5.88 Å². The number of piperidine rings is 1. The van der Waals surface area contributed by atoms with E-state index >= 15 is 0 Å². The molecule has 0 radical (unpaired) electrons. The van der Waals surface area contributed by atoms with E-state index in [9.17, 15) is 0 Å². The van der Waals surface area contributed by atoms with Crippen molar-refractivity contribution >= 4 is 33.8 Å². The Morgan fingerprint density at radius 3 is 2.66 bits per heavy atom. The van der Waals surface area contributed by atoms with Gasteiger partial charge in [-0.05, 0) is 48.6 Å². The summed E-state index contributed by atoms with van der Waals surface area (Å²) < 4.78 is 16.7. The lowest BCUT2D eigenvalue weighted by molar-refractivity contribution is 0.120. The van der Waals surface area contributed by atoms with E-state index in [0.717, 1.165) is 69.0 Å². The number of oxazole rings is 1. The summed E-state index contributed by atoms with van der Waals surface area (Å²) in [7, 11) is 1.65. The van der Waals surface area contributed by atoms with Gasteiger partial charge in [-0.25, -0.2) is 0 Å². The van der Waals surface area contributed by atoms with E-state index < -0.39 is 0 Å². The Labute approximate surface area is 186 Å². The minimum absolute atomic E-state index is 0.527. The zero-order valence-corrected chi connectivity index (χ0v) is 18.2. The summed E-state index contributed by atoms with van der Waals surface area (Å²) in [4.78, 5) is 17.2. The number of hydrogen-bond donors (Lipinski definition) is 1. The molecule has 5 heterocycles. The smallest absolute Gasteiger partial charge is 0.298 e. The number of hydrogen-bond acceptors (Lipinski definition) is 7. The lowest BCUT2D eigenvalue weighted by atomic mass is 9.89. The molecule has 2 aliphatic heterocycles. The molecule has 166 valence electrons. The molecule has 4 aromatic rings. The van der Waals surface area contributed by atoms with Gasteiger partial charge in [-0.2, -0.15) is 9.97 Å². The molecule has 0 amide bonds. The maximum absolute atomic E-state index is 6.00. The highest BCUT2D eigenvalue weighted by atomic mass is 16.5. The predicted molar refractivity (Wildman–Crippen MR) is 124 cm³/mol. The molecular weight excluding hydrogens is 406 g/mol. The van der Waals surface area contributed by atoms with Crippen LogP contribution in [0.1, 0.15) is 24.3 Å². The summed E-state index contributed by atoms with van der Waals surface area (Å²) in [6, 6.07) is 11.1. The molecule has 3 aromatic heterocycles. The van der Waals surface area contributed by atoms with E-state index in [1.165, 1.54) is 16.6 Å². The van der Waals surface area contributed by atoms with Gasteiger partial charge < -0.3 is 28.7 Å². The van der Waals surface area contributed by atoms with Crippen LogP contribution in [0.5, 0.6) is 5.88 Å². The number of H-pyrrole nitrogens is 1. The molecule has 32 heavy (non-hydrogen) atoms. The number of aromatic nitrogens is 3. The molecule has 1 aromatic carbocycles. The number of pyridine rings is 1. The average Bonchev–Trinajstić information content (AvgIpc) is 3.48. The van der Waals surface area contributed by atoms with Crippen molar-refractivity contribution in [3.05, 3.63) is 42.1 Å². The molecule has 0 saturated carbocycles. The Balaban J connectivity index is 1.17. The first-order chi connectivity index (χ1) is 15.8. The van der Waals surface area contributed by atoms with Crippen molar-refractivity contribution in [1.29, 1.82) is 0 Å². The summed E-state index contributed by atoms with van der Waals surface area (Å²) >= 11 is 0. The second-order valence-electron chi connectivity index (χ2n) is 8.50. The second kappa shape index (κ2) is 8.02.